The normalized spacial score (nSPS) is 12.8. The van der Waals surface area contributed by atoms with E-state index in [1.165, 1.54) is 49.3 Å². The third-order valence-electron chi connectivity index (χ3n) is 4.52. The molecule has 0 rings (SSSR count). The zero-order valence-electron chi connectivity index (χ0n) is 16.6. The Hall–Kier alpha value is 1.25. The Morgan fingerprint density at radius 2 is 0.909 bits per heavy atom. The van der Waals surface area contributed by atoms with E-state index < -0.39 is 0 Å². The number of hydrogen-bond donors (Lipinski definition) is 0. The van der Waals surface area contributed by atoms with Crippen molar-refractivity contribution in [3.63, 3.8) is 0 Å². The van der Waals surface area contributed by atoms with Gasteiger partial charge < -0.3 is 0 Å². The molecule has 0 saturated heterocycles. The van der Waals surface area contributed by atoms with Crippen LogP contribution >= 0.6 is 23.9 Å². The highest BCUT2D eigenvalue weighted by atomic mass is 31.1. The SMILES string of the molecule is CCP(CC)CCP(CCP(CC)CC)N(C(C)C)C(C)C. The molecular formula is C18H42NP3. The average Bonchev–Trinajstić information content (AvgIpc) is 2.47. The van der Waals surface area contributed by atoms with Crippen molar-refractivity contribution in [3.8, 4) is 0 Å². The zero-order chi connectivity index (χ0) is 17.1. The van der Waals surface area contributed by atoms with Crippen molar-refractivity contribution in [2.75, 3.05) is 49.3 Å². The maximum atomic E-state index is 2.87. The van der Waals surface area contributed by atoms with Gasteiger partial charge in [0.25, 0.3) is 0 Å². The molecule has 0 heterocycles. The van der Waals surface area contributed by atoms with E-state index in [2.05, 4.69) is 60.1 Å². The van der Waals surface area contributed by atoms with Crippen LogP contribution in [-0.2, 0) is 0 Å². The molecule has 4 heteroatoms. The van der Waals surface area contributed by atoms with Crippen LogP contribution < -0.4 is 0 Å². The van der Waals surface area contributed by atoms with Gasteiger partial charge in [0.2, 0.25) is 0 Å². The van der Waals surface area contributed by atoms with E-state index in [9.17, 15) is 0 Å². The van der Waals surface area contributed by atoms with Crippen molar-refractivity contribution in [3.05, 3.63) is 0 Å². The molecule has 22 heavy (non-hydrogen) atoms. The number of nitrogens with zero attached hydrogens (tertiary/aromatic N) is 1. The largest absolute Gasteiger partial charge is 0.277 e. The molecule has 134 valence electrons. The topological polar surface area (TPSA) is 3.24 Å². The summed E-state index contributed by atoms with van der Waals surface area (Å²) in [6.07, 6.45) is 11.7. The minimum absolute atomic E-state index is 0.0749. The molecule has 0 aliphatic rings. The first-order valence-corrected chi connectivity index (χ1v) is 14.8. The highest BCUT2D eigenvalue weighted by Crippen LogP contribution is 2.49. The van der Waals surface area contributed by atoms with Crippen molar-refractivity contribution in [2.24, 2.45) is 0 Å². The first-order valence-electron chi connectivity index (χ1n) is 9.38. The van der Waals surface area contributed by atoms with Crippen LogP contribution in [-0.4, -0.2) is 66.0 Å². The van der Waals surface area contributed by atoms with E-state index in [-0.39, 0.29) is 8.07 Å². The molecule has 0 aliphatic heterocycles. The van der Waals surface area contributed by atoms with Crippen LogP contribution in [0.2, 0.25) is 0 Å². The maximum absolute atomic E-state index is 2.87. The monoisotopic (exact) mass is 365 g/mol. The van der Waals surface area contributed by atoms with Crippen LogP contribution in [0.15, 0.2) is 0 Å². The van der Waals surface area contributed by atoms with E-state index in [4.69, 9.17) is 0 Å². The van der Waals surface area contributed by atoms with Crippen LogP contribution in [0.4, 0.5) is 0 Å². The van der Waals surface area contributed by atoms with Crippen LogP contribution in [0.25, 0.3) is 0 Å². The highest BCUT2D eigenvalue weighted by Gasteiger charge is 2.24. The summed E-state index contributed by atoms with van der Waals surface area (Å²) in [5, 5.41) is 0. The van der Waals surface area contributed by atoms with Gasteiger partial charge in [0.15, 0.2) is 0 Å². The molecule has 0 bridgehead atoms. The van der Waals surface area contributed by atoms with Crippen LogP contribution in [0, 0.1) is 0 Å². The van der Waals surface area contributed by atoms with Gasteiger partial charge in [-0.15, -0.1) is 15.8 Å². The van der Waals surface area contributed by atoms with Gasteiger partial charge in [-0.25, -0.2) is 0 Å². The number of hydrogen-bond acceptors (Lipinski definition) is 1. The summed E-state index contributed by atoms with van der Waals surface area (Å²) in [7, 11) is 0.694. The fourth-order valence-corrected chi connectivity index (χ4v) is 11.4. The molecule has 0 aromatic rings. The average molecular weight is 365 g/mol. The van der Waals surface area contributed by atoms with Gasteiger partial charge in [-0.3, -0.25) is 4.67 Å². The Bertz CT molecular complexity index is 227. The lowest BCUT2D eigenvalue weighted by molar-refractivity contribution is 0.322. The Kier molecular flexibility index (Phi) is 14.3. The molecule has 0 N–H and O–H groups in total. The van der Waals surface area contributed by atoms with E-state index in [1.54, 1.807) is 0 Å². The first kappa shape index (κ1) is 23.2. The van der Waals surface area contributed by atoms with Crippen molar-refractivity contribution in [2.45, 2.75) is 67.5 Å². The second-order valence-electron chi connectivity index (χ2n) is 6.57. The molecule has 0 radical (unpaired) electrons. The van der Waals surface area contributed by atoms with E-state index in [1.807, 2.05) is 0 Å². The van der Waals surface area contributed by atoms with Crippen molar-refractivity contribution >= 4 is 23.9 Å². The third-order valence-corrected chi connectivity index (χ3v) is 13.6. The Morgan fingerprint density at radius 3 is 1.14 bits per heavy atom. The van der Waals surface area contributed by atoms with Crippen molar-refractivity contribution in [1.82, 2.24) is 4.67 Å². The second kappa shape index (κ2) is 13.5. The Morgan fingerprint density at radius 1 is 0.591 bits per heavy atom. The molecule has 1 nitrogen and oxygen atoms in total. The predicted molar refractivity (Wildman–Crippen MR) is 115 cm³/mol. The number of rotatable bonds is 13. The molecule has 0 spiro atoms. The molecule has 0 saturated carbocycles. The lowest BCUT2D eigenvalue weighted by Gasteiger charge is -2.39. The van der Waals surface area contributed by atoms with Gasteiger partial charge in [0.1, 0.15) is 0 Å². The summed E-state index contributed by atoms with van der Waals surface area (Å²) in [6.45, 7) is 19.2. The second-order valence-corrected chi connectivity index (χ2v) is 15.1. The fourth-order valence-electron chi connectivity index (χ4n) is 3.19. The highest BCUT2D eigenvalue weighted by molar-refractivity contribution is 7.62. The van der Waals surface area contributed by atoms with Gasteiger partial charge in [0, 0.05) is 12.1 Å². The van der Waals surface area contributed by atoms with Crippen LogP contribution in [0.1, 0.15) is 55.4 Å². The predicted octanol–water partition coefficient (Wildman–Crippen LogP) is 6.55. The molecule has 0 aromatic carbocycles. The Balaban J connectivity index is 4.80. The summed E-state index contributed by atoms with van der Waals surface area (Å²) >= 11 is 0. The van der Waals surface area contributed by atoms with Gasteiger partial charge in [-0.1, -0.05) is 27.7 Å². The lowest BCUT2D eigenvalue weighted by Crippen LogP contribution is -2.34. The maximum Gasteiger partial charge on any atom is 0.00803 e. The van der Waals surface area contributed by atoms with E-state index in [0.717, 1.165) is 0 Å². The van der Waals surface area contributed by atoms with Crippen LogP contribution in [0.3, 0.4) is 0 Å². The summed E-state index contributed by atoms with van der Waals surface area (Å²) in [5.74, 6) is 0. The minimum Gasteiger partial charge on any atom is -0.277 e. The van der Waals surface area contributed by atoms with Gasteiger partial charge >= 0.3 is 0 Å². The quantitative estimate of drug-likeness (QED) is 0.335. The zero-order valence-corrected chi connectivity index (χ0v) is 19.3. The Labute approximate surface area is 145 Å². The van der Waals surface area contributed by atoms with E-state index >= 15 is 0 Å². The molecular weight excluding hydrogens is 323 g/mol. The fraction of sp³-hybridized carbons (Fsp3) is 1.00. The first-order chi connectivity index (χ1) is 10.4. The van der Waals surface area contributed by atoms with Gasteiger partial charge in [-0.05, 0) is 85.1 Å². The molecule has 0 atom stereocenters. The minimum atomic E-state index is 0.0749. The summed E-state index contributed by atoms with van der Waals surface area (Å²) in [4.78, 5) is 0. The molecule has 0 fully saturated rings. The van der Waals surface area contributed by atoms with Crippen molar-refractivity contribution < 1.29 is 0 Å². The summed E-state index contributed by atoms with van der Waals surface area (Å²) in [5.41, 5.74) is 0. The van der Waals surface area contributed by atoms with Gasteiger partial charge in [0.05, 0.1) is 0 Å². The third kappa shape index (κ3) is 8.92. The molecule has 0 amide bonds. The lowest BCUT2D eigenvalue weighted by atomic mass is 10.3. The summed E-state index contributed by atoms with van der Waals surface area (Å²) in [6, 6.07) is 1.41. The molecule has 0 aromatic heterocycles. The summed E-state index contributed by atoms with van der Waals surface area (Å²) < 4.78 is 2.87. The van der Waals surface area contributed by atoms with Crippen molar-refractivity contribution in [1.29, 1.82) is 0 Å². The van der Waals surface area contributed by atoms with E-state index in [0.29, 0.717) is 27.9 Å². The van der Waals surface area contributed by atoms with Gasteiger partial charge in [-0.2, -0.15) is 0 Å². The van der Waals surface area contributed by atoms with Crippen LogP contribution in [0.5, 0.6) is 0 Å². The smallest absolute Gasteiger partial charge is 0.00803 e. The molecule has 0 aliphatic carbocycles. The standard InChI is InChI=1S/C18H42NP3/c1-9-20(10-2)13-15-22(16-14-21(11-3)12-4)19(17(5)6)18(7)8/h17-18H,9-16H2,1-8H3. The molecule has 0 unspecified atom stereocenters.